The largest absolute Gasteiger partial charge is 0.469 e. The van der Waals surface area contributed by atoms with Gasteiger partial charge in [0, 0.05) is 49.9 Å². The van der Waals surface area contributed by atoms with Gasteiger partial charge in [-0.2, -0.15) is 12.7 Å². The zero-order valence-corrected chi connectivity index (χ0v) is 20.6. The lowest BCUT2D eigenvalue weighted by atomic mass is 9.90. The maximum Gasteiger partial charge on any atom is 0.305 e. The third kappa shape index (κ3) is 5.43. The first kappa shape index (κ1) is 25.3. The van der Waals surface area contributed by atoms with Crippen molar-refractivity contribution in [1.82, 2.24) is 18.9 Å². The highest BCUT2D eigenvalue weighted by Crippen LogP contribution is 2.32. The molecule has 0 bridgehead atoms. The molecule has 1 aromatic heterocycles. The van der Waals surface area contributed by atoms with Crippen molar-refractivity contribution >= 4 is 62.1 Å². The van der Waals surface area contributed by atoms with Gasteiger partial charge < -0.3 is 14.6 Å². The molecular weight excluding hydrogens is 495 g/mol. The molecule has 0 radical (unpaired) electrons. The molecule has 0 saturated carbocycles. The topological polar surface area (TPSA) is 127 Å². The number of carbonyl (C=O) groups is 3. The number of methoxy groups -OCH3 is 1. The van der Waals surface area contributed by atoms with Crippen molar-refractivity contribution in [3.05, 3.63) is 33.9 Å². The average molecular weight is 519 g/mol. The third-order valence-corrected chi connectivity index (χ3v) is 8.00. The standard InChI is InChI=1S/C20H24Cl2N4O6S/c1-11(27)24-33(30,31)26-7-6-15(12(10-26)8-18(28)32-3)23-20(29)17-9-13-16(25(17)2)5-4-14(21)19(13)22/h4-5,9,12,15H,6-8,10H2,1-3H3,(H,23,29)(H,24,27). The van der Waals surface area contributed by atoms with Crippen LogP contribution in [0.1, 0.15) is 30.3 Å². The Balaban J connectivity index is 1.84. The van der Waals surface area contributed by atoms with Crippen LogP contribution in [0, 0.1) is 5.92 Å². The average Bonchev–Trinajstić information content (AvgIpc) is 3.08. The van der Waals surface area contributed by atoms with E-state index >= 15 is 0 Å². The fourth-order valence-corrected chi connectivity index (χ4v) is 5.57. The number of fused-ring (bicyclic) bond motifs is 1. The second-order valence-electron chi connectivity index (χ2n) is 7.81. The van der Waals surface area contributed by atoms with Crippen molar-refractivity contribution in [2.24, 2.45) is 13.0 Å². The van der Waals surface area contributed by atoms with Gasteiger partial charge in [0.2, 0.25) is 5.91 Å². The Labute approximate surface area is 201 Å². The molecule has 13 heteroatoms. The number of ether oxygens (including phenoxy) is 1. The van der Waals surface area contributed by atoms with Gasteiger partial charge in [0.15, 0.2) is 0 Å². The van der Waals surface area contributed by atoms with Crippen LogP contribution in [0.5, 0.6) is 0 Å². The Morgan fingerprint density at radius 1 is 1.24 bits per heavy atom. The normalized spacial score (nSPS) is 19.3. The molecule has 0 spiro atoms. The van der Waals surface area contributed by atoms with Gasteiger partial charge in [0.1, 0.15) is 5.69 Å². The summed E-state index contributed by atoms with van der Waals surface area (Å²) in [6, 6.07) is 4.53. The highest BCUT2D eigenvalue weighted by molar-refractivity contribution is 7.87. The smallest absolute Gasteiger partial charge is 0.305 e. The summed E-state index contributed by atoms with van der Waals surface area (Å²) in [5, 5.41) is 4.24. The van der Waals surface area contributed by atoms with Crippen LogP contribution < -0.4 is 10.0 Å². The SMILES string of the molecule is COC(=O)CC1CN(S(=O)(=O)NC(C)=O)CCC1NC(=O)c1cc2c(Cl)c(Cl)ccc2n1C. The van der Waals surface area contributed by atoms with E-state index in [4.69, 9.17) is 27.9 Å². The third-order valence-electron chi connectivity index (χ3n) is 5.63. The van der Waals surface area contributed by atoms with Gasteiger partial charge in [-0.05, 0) is 24.6 Å². The van der Waals surface area contributed by atoms with Gasteiger partial charge in [0.05, 0.1) is 23.6 Å². The maximum atomic E-state index is 13.1. The van der Waals surface area contributed by atoms with Gasteiger partial charge in [-0.25, -0.2) is 4.72 Å². The second kappa shape index (κ2) is 9.88. The zero-order valence-electron chi connectivity index (χ0n) is 18.2. The van der Waals surface area contributed by atoms with Crippen molar-refractivity contribution < 1.29 is 27.5 Å². The number of piperidine rings is 1. The number of nitrogens with zero attached hydrogens (tertiary/aromatic N) is 2. The van der Waals surface area contributed by atoms with Crippen molar-refractivity contribution in [2.75, 3.05) is 20.2 Å². The lowest BCUT2D eigenvalue weighted by Gasteiger charge is -2.37. The number of aromatic nitrogens is 1. The van der Waals surface area contributed by atoms with Crippen molar-refractivity contribution in [1.29, 1.82) is 0 Å². The van der Waals surface area contributed by atoms with Crippen LogP contribution in [-0.2, 0) is 31.6 Å². The fourth-order valence-electron chi connectivity index (χ4n) is 3.97. The minimum absolute atomic E-state index is 0.0573. The predicted octanol–water partition coefficient (Wildman–Crippen LogP) is 1.85. The van der Waals surface area contributed by atoms with Crippen LogP contribution >= 0.6 is 23.2 Å². The molecule has 10 nitrogen and oxygen atoms in total. The van der Waals surface area contributed by atoms with E-state index < -0.39 is 40.0 Å². The van der Waals surface area contributed by atoms with E-state index in [1.807, 2.05) is 4.72 Å². The number of hydrogen-bond donors (Lipinski definition) is 2. The molecule has 2 amide bonds. The van der Waals surface area contributed by atoms with Crippen LogP contribution in [0.15, 0.2) is 18.2 Å². The van der Waals surface area contributed by atoms with E-state index in [0.29, 0.717) is 21.1 Å². The molecule has 1 saturated heterocycles. The van der Waals surface area contributed by atoms with Crippen molar-refractivity contribution in [3.8, 4) is 0 Å². The van der Waals surface area contributed by atoms with E-state index in [0.717, 1.165) is 16.7 Å². The molecule has 1 fully saturated rings. The number of hydrogen-bond acceptors (Lipinski definition) is 6. The minimum atomic E-state index is -4.06. The van der Waals surface area contributed by atoms with Crippen LogP contribution in [0.25, 0.3) is 10.9 Å². The van der Waals surface area contributed by atoms with Crippen LogP contribution in [-0.4, -0.2) is 61.3 Å². The highest BCUT2D eigenvalue weighted by Gasteiger charge is 2.37. The van der Waals surface area contributed by atoms with E-state index in [2.05, 4.69) is 5.32 Å². The molecule has 2 unspecified atom stereocenters. The van der Waals surface area contributed by atoms with E-state index in [1.165, 1.54) is 7.11 Å². The molecule has 2 atom stereocenters. The van der Waals surface area contributed by atoms with Gasteiger partial charge in [-0.1, -0.05) is 23.2 Å². The molecular formula is C20H24Cl2N4O6S. The summed E-state index contributed by atoms with van der Waals surface area (Å²) in [6.45, 7) is 1.08. The number of esters is 1. The van der Waals surface area contributed by atoms with Crippen molar-refractivity contribution in [2.45, 2.75) is 25.8 Å². The van der Waals surface area contributed by atoms with Gasteiger partial charge in [-0.15, -0.1) is 0 Å². The molecule has 1 aromatic carbocycles. The quantitative estimate of drug-likeness (QED) is 0.561. The second-order valence-corrected chi connectivity index (χ2v) is 10.3. The molecule has 33 heavy (non-hydrogen) atoms. The Bertz CT molecular complexity index is 1210. The summed E-state index contributed by atoms with van der Waals surface area (Å²) in [5.41, 5.74) is 1.05. The van der Waals surface area contributed by atoms with Crippen LogP contribution in [0.3, 0.4) is 0 Å². The molecule has 180 valence electrons. The number of aryl methyl sites for hydroxylation is 1. The molecule has 3 rings (SSSR count). The highest BCUT2D eigenvalue weighted by atomic mass is 35.5. The lowest BCUT2D eigenvalue weighted by molar-refractivity contribution is -0.142. The summed E-state index contributed by atoms with van der Waals surface area (Å²) in [6.07, 6.45) is 0.132. The van der Waals surface area contributed by atoms with E-state index in [9.17, 15) is 22.8 Å². The Kier molecular flexibility index (Phi) is 7.57. The number of carbonyl (C=O) groups excluding carboxylic acids is 3. The number of halogens is 2. The number of benzene rings is 1. The summed E-state index contributed by atoms with van der Waals surface area (Å²) in [7, 11) is -1.11. The van der Waals surface area contributed by atoms with Crippen molar-refractivity contribution in [3.63, 3.8) is 0 Å². The predicted molar refractivity (Wildman–Crippen MR) is 123 cm³/mol. The molecule has 2 aromatic rings. The lowest BCUT2D eigenvalue weighted by Crippen LogP contribution is -2.55. The van der Waals surface area contributed by atoms with Crippen LogP contribution in [0.4, 0.5) is 0 Å². The first-order valence-electron chi connectivity index (χ1n) is 10.0. The van der Waals surface area contributed by atoms with Crippen LogP contribution in [0.2, 0.25) is 10.0 Å². The zero-order chi connectivity index (χ0) is 24.5. The summed E-state index contributed by atoms with van der Waals surface area (Å²) < 4.78 is 34.3. The Morgan fingerprint density at radius 2 is 1.94 bits per heavy atom. The number of nitrogens with one attached hydrogen (secondary N) is 2. The van der Waals surface area contributed by atoms with E-state index in [1.54, 1.807) is 29.8 Å². The number of rotatable bonds is 6. The summed E-state index contributed by atoms with van der Waals surface area (Å²) >= 11 is 12.4. The molecule has 0 aliphatic carbocycles. The van der Waals surface area contributed by atoms with E-state index in [-0.39, 0.29) is 25.9 Å². The summed E-state index contributed by atoms with van der Waals surface area (Å²) in [5.74, 6) is -2.22. The van der Waals surface area contributed by atoms with Gasteiger partial charge in [-0.3, -0.25) is 14.4 Å². The first-order valence-corrected chi connectivity index (χ1v) is 12.2. The Hall–Kier alpha value is -2.34. The molecule has 2 N–H and O–H groups in total. The Morgan fingerprint density at radius 3 is 2.58 bits per heavy atom. The number of amides is 2. The molecule has 1 aliphatic rings. The van der Waals surface area contributed by atoms with Gasteiger partial charge >= 0.3 is 16.2 Å². The maximum absolute atomic E-state index is 13.1. The minimum Gasteiger partial charge on any atom is -0.469 e. The monoisotopic (exact) mass is 518 g/mol. The first-order chi connectivity index (χ1) is 15.4. The molecule has 2 heterocycles. The molecule has 1 aliphatic heterocycles. The summed E-state index contributed by atoms with van der Waals surface area (Å²) in [4.78, 5) is 36.3. The fraction of sp³-hybridized carbons (Fsp3) is 0.450. The van der Waals surface area contributed by atoms with Gasteiger partial charge in [0.25, 0.3) is 5.91 Å².